The number of phenols is 1. The highest BCUT2D eigenvalue weighted by atomic mass is 79.9. The van der Waals surface area contributed by atoms with Gasteiger partial charge in [0.15, 0.2) is 0 Å². The van der Waals surface area contributed by atoms with Crippen molar-refractivity contribution >= 4 is 27.9 Å². The van der Waals surface area contributed by atoms with Crippen molar-refractivity contribution < 1.29 is 38.1 Å². The molecule has 0 radical (unpaired) electrons. The normalized spacial score (nSPS) is 16.5. The topological polar surface area (TPSA) is 93.1 Å². The third kappa shape index (κ3) is 14.2. The van der Waals surface area contributed by atoms with Gasteiger partial charge in [-0.15, -0.1) is 0 Å². The van der Waals surface area contributed by atoms with Crippen LogP contribution in [0.5, 0.6) is 11.5 Å². The van der Waals surface area contributed by atoms with Gasteiger partial charge in [-0.3, -0.25) is 9.59 Å². The van der Waals surface area contributed by atoms with Gasteiger partial charge in [0, 0.05) is 17.2 Å². The first-order chi connectivity index (χ1) is 33.5. The summed E-state index contributed by atoms with van der Waals surface area (Å²) in [6.07, 6.45) is 5.05. The van der Waals surface area contributed by atoms with Crippen LogP contribution in [0, 0.1) is 11.6 Å². The predicted octanol–water partition coefficient (Wildman–Crippen LogP) is 15.9. The molecule has 6 nitrogen and oxygen atoms in total. The molecule has 6 aromatic carbocycles. The molecule has 2 N–H and O–H groups in total. The lowest BCUT2D eigenvalue weighted by atomic mass is 9.63. The van der Waals surface area contributed by atoms with E-state index >= 15 is 0 Å². The molecule has 6 aromatic rings. The third-order valence-corrected chi connectivity index (χ3v) is 15.2. The maximum Gasteiger partial charge on any atom is 0.306 e. The molecule has 0 spiro atoms. The number of fused-ring (bicyclic) bond motifs is 2. The van der Waals surface area contributed by atoms with E-state index in [2.05, 4.69) is 108 Å². The molecule has 0 saturated heterocycles. The standard InChI is InChI=1S/C30H33FO3.C17H17FO3.C15H21Br/c1-29(2)15-16-30(3,4)27-17-20(5-14-26(27)29)19-34-24-12-8-22(9-13-24)25(18-28(32)33)21-6-10-23(31)11-7-21;1-2-21-17(20)11-16(12-3-7-14(18)8-4-12)13-5-9-15(19)10-6-13;1-14(2)7-8-15(3,4)13-9-11(10-16)5-6-12(13)14/h5-14,17,25H,15-16,18-19H2,1-4H3,(H,32,33);3-10,16,19H,2,11H2,1H3;5-6,9H,7-8,10H2,1-4H3/t25-;16-;/m11./s1. The molecule has 376 valence electrons. The van der Waals surface area contributed by atoms with Crippen molar-refractivity contribution in [1.82, 2.24) is 0 Å². The van der Waals surface area contributed by atoms with E-state index in [1.54, 1.807) is 66.6 Å². The van der Waals surface area contributed by atoms with Gasteiger partial charge in [-0.25, -0.2) is 8.78 Å². The Kier molecular flexibility index (Phi) is 17.8. The van der Waals surface area contributed by atoms with Crippen molar-refractivity contribution in [3.63, 3.8) is 0 Å². The fraction of sp³-hybridized carbons (Fsp3) is 0.387. The van der Waals surface area contributed by atoms with Crippen LogP contribution in [0.15, 0.2) is 133 Å². The van der Waals surface area contributed by atoms with Crippen molar-refractivity contribution in [3.05, 3.63) is 201 Å². The minimum absolute atomic E-state index is 0.0624. The van der Waals surface area contributed by atoms with Crippen LogP contribution in [0.2, 0.25) is 0 Å². The van der Waals surface area contributed by atoms with Crippen molar-refractivity contribution in [2.75, 3.05) is 6.61 Å². The molecule has 0 amide bonds. The van der Waals surface area contributed by atoms with Crippen LogP contribution >= 0.6 is 15.9 Å². The number of benzene rings is 6. The van der Waals surface area contributed by atoms with E-state index in [0.29, 0.717) is 24.0 Å². The van der Waals surface area contributed by atoms with Gasteiger partial charge in [-0.2, -0.15) is 0 Å². The Morgan fingerprint density at radius 3 is 1.35 bits per heavy atom. The van der Waals surface area contributed by atoms with E-state index < -0.39 is 5.97 Å². The van der Waals surface area contributed by atoms with Crippen molar-refractivity contribution in [1.29, 1.82) is 0 Å². The molecule has 9 heteroatoms. The average Bonchev–Trinajstić information content (AvgIpc) is 3.34. The molecular weight excluding hydrogens is 959 g/mol. The Morgan fingerprint density at radius 1 is 0.549 bits per heavy atom. The van der Waals surface area contributed by atoms with Crippen LogP contribution in [0.4, 0.5) is 8.78 Å². The number of phenolic OH excluding ortho intramolecular Hbond substituents is 1. The van der Waals surface area contributed by atoms with E-state index in [0.717, 1.165) is 38.9 Å². The molecule has 0 bridgehead atoms. The fourth-order valence-electron chi connectivity index (χ4n) is 9.92. The Hall–Kier alpha value is -5.80. The van der Waals surface area contributed by atoms with E-state index in [-0.39, 0.29) is 58.9 Å². The van der Waals surface area contributed by atoms with Crippen molar-refractivity contribution in [2.45, 2.75) is 146 Å². The van der Waals surface area contributed by atoms with Crippen LogP contribution in [0.25, 0.3) is 0 Å². The first kappa shape index (κ1) is 54.5. The average molecular weight is 1030 g/mol. The predicted molar refractivity (Wildman–Crippen MR) is 285 cm³/mol. The Morgan fingerprint density at radius 2 is 0.930 bits per heavy atom. The fourth-order valence-corrected chi connectivity index (χ4v) is 10.3. The number of ether oxygens (including phenoxy) is 2. The first-order valence-electron chi connectivity index (χ1n) is 24.8. The number of esters is 1. The van der Waals surface area contributed by atoms with E-state index in [1.807, 2.05) is 24.3 Å². The SMILES string of the molecule is CC1(C)CCC(C)(C)c2cc(CBr)ccc21.CC1(C)CCC(C)(C)c2cc(COc3ccc([C@H](CC(=O)O)c4ccc(F)cc4)cc3)ccc21.CCOC(=O)C[C@@H](c1ccc(O)cc1)c1ccc(F)cc1. The largest absolute Gasteiger partial charge is 0.508 e. The van der Waals surface area contributed by atoms with Crippen molar-refractivity contribution in [3.8, 4) is 11.5 Å². The minimum Gasteiger partial charge on any atom is -0.508 e. The summed E-state index contributed by atoms with van der Waals surface area (Å²) in [5.74, 6) is -1.55. The zero-order valence-electron chi connectivity index (χ0n) is 42.9. The second-order valence-corrected chi connectivity index (χ2v) is 22.3. The Balaban J connectivity index is 0.000000190. The molecule has 0 aromatic heterocycles. The Bertz CT molecular complexity index is 2680. The van der Waals surface area contributed by atoms with Crippen LogP contribution in [0.1, 0.15) is 168 Å². The number of carboxylic acid groups (broad SMARTS) is 1. The number of hydrogen-bond donors (Lipinski definition) is 2. The van der Waals surface area contributed by atoms with Gasteiger partial charge < -0.3 is 19.7 Å². The third-order valence-electron chi connectivity index (χ3n) is 14.6. The number of carbonyl (C=O) groups excluding carboxylic acids is 1. The summed E-state index contributed by atoms with van der Waals surface area (Å²) in [7, 11) is 0. The zero-order valence-corrected chi connectivity index (χ0v) is 44.5. The smallest absolute Gasteiger partial charge is 0.306 e. The molecule has 0 fully saturated rings. The number of carboxylic acids is 1. The molecule has 71 heavy (non-hydrogen) atoms. The maximum atomic E-state index is 13.3. The van der Waals surface area contributed by atoms with Crippen LogP contribution in [-0.2, 0) is 47.9 Å². The number of hydrogen-bond acceptors (Lipinski definition) is 5. The number of rotatable bonds is 13. The van der Waals surface area contributed by atoms with Crippen molar-refractivity contribution in [2.24, 2.45) is 0 Å². The number of halogens is 3. The second kappa shape index (κ2) is 23.2. The van der Waals surface area contributed by atoms with Gasteiger partial charge in [0.1, 0.15) is 29.7 Å². The Labute approximate surface area is 429 Å². The number of carbonyl (C=O) groups is 2. The summed E-state index contributed by atoms with van der Waals surface area (Å²) in [6.45, 7) is 21.3. The number of aromatic hydroxyl groups is 1. The maximum absolute atomic E-state index is 13.3. The van der Waals surface area contributed by atoms with Gasteiger partial charge in [0.05, 0.1) is 19.4 Å². The summed E-state index contributed by atoms with van der Waals surface area (Å²) in [6, 6.07) is 40.0. The van der Waals surface area contributed by atoms with Gasteiger partial charge >= 0.3 is 11.9 Å². The lowest BCUT2D eigenvalue weighted by molar-refractivity contribution is -0.143. The molecule has 0 unspecified atom stereocenters. The minimum atomic E-state index is -0.895. The highest BCUT2D eigenvalue weighted by Gasteiger charge is 2.38. The van der Waals surface area contributed by atoms with Gasteiger partial charge in [0.2, 0.25) is 0 Å². The lowest BCUT2D eigenvalue weighted by Crippen LogP contribution is -2.33. The second-order valence-electron chi connectivity index (χ2n) is 21.7. The molecule has 2 aliphatic rings. The molecule has 2 aliphatic carbocycles. The highest BCUT2D eigenvalue weighted by molar-refractivity contribution is 9.08. The van der Waals surface area contributed by atoms with Crippen LogP contribution in [-0.4, -0.2) is 28.8 Å². The lowest BCUT2D eigenvalue weighted by Gasteiger charge is -2.42. The monoisotopic (exact) mass is 1030 g/mol. The van der Waals surface area contributed by atoms with Gasteiger partial charge in [0.25, 0.3) is 0 Å². The van der Waals surface area contributed by atoms with Crippen LogP contribution in [0.3, 0.4) is 0 Å². The summed E-state index contributed by atoms with van der Waals surface area (Å²) in [4.78, 5) is 23.2. The summed E-state index contributed by atoms with van der Waals surface area (Å²) >= 11 is 3.55. The molecule has 0 aliphatic heterocycles. The van der Waals surface area contributed by atoms with Gasteiger partial charge in [-0.05, 0) is 158 Å². The van der Waals surface area contributed by atoms with Gasteiger partial charge in [-0.1, -0.05) is 156 Å². The van der Waals surface area contributed by atoms with Crippen LogP contribution < -0.4 is 4.74 Å². The van der Waals surface area contributed by atoms with E-state index in [1.165, 1.54) is 66.6 Å². The summed E-state index contributed by atoms with van der Waals surface area (Å²) < 4.78 is 37.5. The molecule has 0 heterocycles. The zero-order chi connectivity index (χ0) is 51.7. The van der Waals surface area contributed by atoms with E-state index in [4.69, 9.17) is 9.47 Å². The quantitative estimate of drug-likeness (QED) is 0.0884. The molecule has 2 atom stereocenters. The summed E-state index contributed by atoms with van der Waals surface area (Å²) in [5, 5.41) is 19.7. The summed E-state index contributed by atoms with van der Waals surface area (Å²) in [5.41, 5.74) is 12.8. The molecule has 0 saturated carbocycles. The highest BCUT2D eigenvalue weighted by Crippen LogP contribution is 2.47. The molecular formula is C62H71BrF2O6. The number of alkyl halides is 1. The first-order valence-corrected chi connectivity index (χ1v) is 25.9. The molecule has 8 rings (SSSR count). The van der Waals surface area contributed by atoms with E-state index in [9.17, 15) is 28.6 Å². The number of aliphatic carboxylic acids is 1.